The van der Waals surface area contributed by atoms with Crippen LogP contribution in [0, 0.1) is 0 Å². The number of benzene rings is 1. The monoisotopic (exact) mass is 201 g/mol. The summed E-state index contributed by atoms with van der Waals surface area (Å²) in [6.45, 7) is 0.0615. The van der Waals surface area contributed by atoms with E-state index in [0.29, 0.717) is 11.3 Å². The van der Waals surface area contributed by atoms with Crippen LogP contribution >= 0.6 is 0 Å². The highest BCUT2D eigenvalue weighted by molar-refractivity contribution is 6.02. The molecule has 1 N–H and O–H groups in total. The molecule has 1 aliphatic heterocycles. The predicted octanol–water partition coefficient (Wildman–Crippen LogP) is 0.349. The molecule has 74 valence electrons. The minimum atomic E-state index is -0.387. The first-order valence-corrected chi connectivity index (χ1v) is 4.55. The van der Waals surface area contributed by atoms with Crippen molar-refractivity contribution in [3.8, 4) is 0 Å². The summed E-state index contributed by atoms with van der Waals surface area (Å²) >= 11 is 0. The zero-order chi connectivity index (χ0) is 10.4. The minimum Gasteiger partial charge on any atom is -0.310 e. The van der Waals surface area contributed by atoms with E-state index >= 15 is 0 Å². The topological polar surface area (TPSA) is 64.0 Å². The fraction of sp³-hybridized carbons (Fsp3) is 0.100. The number of para-hydroxylation sites is 1. The van der Waals surface area contributed by atoms with E-state index < -0.39 is 0 Å². The van der Waals surface area contributed by atoms with Gasteiger partial charge in [-0.05, 0) is 12.1 Å². The average molecular weight is 201 g/mol. The number of nitrogens with one attached hydrogen (secondary N) is 1. The van der Waals surface area contributed by atoms with Crippen LogP contribution in [0.25, 0.3) is 10.9 Å². The van der Waals surface area contributed by atoms with Crippen molar-refractivity contribution in [3.63, 3.8) is 0 Å². The Balaban J connectivity index is 2.48. The quantitative estimate of drug-likeness (QED) is 0.668. The maximum absolute atomic E-state index is 11.5. The summed E-state index contributed by atoms with van der Waals surface area (Å²) in [5.74, 6) is 0.376. The van der Waals surface area contributed by atoms with Crippen molar-refractivity contribution in [2.24, 2.45) is 0 Å². The van der Waals surface area contributed by atoms with Gasteiger partial charge in [0.05, 0.1) is 5.52 Å². The molecule has 1 aromatic heterocycles. The molecule has 5 heteroatoms. The van der Waals surface area contributed by atoms with Crippen molar-refractivity contribution in [1.29, 1.82) is 0 Å². The molecule has 0 fully saturated rings. The lowest BCUT2D eigenvalue weighted by atomic mass is 10.2. The maximum atomic E-state index is 11.5. The number of rotatable bonds is 0. The molecule has 0 aliphatic carbocycles. The third-order valence-corrected chi connectivity index (χ3v) is 2.44. The van der Waals surface area contributed by atoms with Gasteiger partial charge >= 0.3 is 5.69 Å². The standard InChI is InChI=1S/C10H7N3O2/c14-8-5-13-9(12-8)6-3-1-2-4-7(6)11-10(13)15/h1-4H,5H2,(H,12,14). The highest BCUT2D eigenvalue weighted by atomic mass is 16.2. The average Bonchev–Trinajstić information content (AvgIpc) is 2.61. The van der Waals surface area contributed by atoms with Gasteiger partial charge in [0.15, 0.2) is 0 Å². The van der Waals surface area contributed by atoms with Crippen LogP contribution in [0.1, 0.15) is 0 Å². The number of aromatic nitrogens is 2. The lowest BCUT2D eigenvalue weighted by Gasteiger charge is -2.03. The van der Waals surface area contributed by atoms with Gasteiger partial charge < -0.3 is 5.32 Å². The first-order chi connectivity index (χ1) is 7.25. The number of amides is 1. The van der Waals surface area contributed by atoms with Crippen molar-refractivity contribution < 1.29 is 4.79 Å². The molecule has 0 unspecified atom stereocenters. The molecule has 5 nitrogen and oxygen atoms in total. The van der Waals surface area contributed by atoms with Gasteiger partial charge in [-0.2, -0.15) is 4.98 Å². The molecule has 0 spiro atoms. The molecule has 3 rings (SSSR count). The lowest BCUT2D eigenvalue weighted by molar-refractivity contribution is -0.115. The molecule has 1 aliphatic rings. The summed E-state index contributed by atoms with van der Waals surface area (Å²) in [5.41, 5.74) is 0.220. The van der Waals surface area contributed by atoms with Crippen LogP contribution < -0.4 is 11.0 Å². The van der Waals surface area contributed by atoms with Gasteiger partial charge in [0.1, 0.15) is 12.4 Å². The van der Waals surface area contributed by atoms with E-state index in [1.807, 2.05) is 18.2 Å². The summed E-state index contributed by atoms with van der Waals surface area (Å²) in [4.78, 5) is 26.6. The third-order valence-electron chi connectivity index (χ3n) is 2.44. The molecule has 0 atom stereocenters. The summed E-state index contributed by atoms with van der Waals surface area (Å²) in [6.07, 6.45) is 0. The Morgan fingerprint density at radius 3 is 2.93 bits per heavy atom. The van der Waals surface area contributed by atoms with Gasteiger partial charge in [-0.25, -0.2) is 4.79 Å². The number of anilines is 1. The van der Waals surface area contributed by atoms with Crippen LogP contribution in [0.5, 0.6) is 0 Å². The first kappa shape index (κ1) is 8.16. The minimum absolute atomic E-state index is 0.0615. The van der Waals surface area contributed by atoms with E-state index in [4.69, 9.17) is 0 Å². The number of fused-ring (bicyclic) bond motifs is 3. The second-order valence-electron chi connectivity index (χ2n) is 3.39. The largest absolute Gasteiger partial charge is 0.350 e. The first-order valence-electron chi connectivity index (χ1n) is 4.55. The number of nitrogens with zero attached hydrogens (tertiary/aromatic N) is 2. The van der Waals surface area contributed by atoms with Crippen LogP contribution in [-0.4, -0.2) is 15.5 Å². The summed E-state index contributed by atoms with van der Waals surface area (Å²) in [6, 6.07) is 7.24. The lowest BCUT2D eigenvalue weighted by Crippen LogP contribution is -2.21. The summed E-state index contributed by atoms with van der Waals surface area (Å²) in [7, 11) is 0. The molecule has 2 aromatic rings. The van der Waals surface area contributed by atoms with E-state index in [0.717, 1.165) is 5.39 Å². The number of hydrogen-bond acceptors (Lipinski definition) is 3. The van der Waals surface area contributed by atoms with Gasteiger partial charge in [-0.15, -0.1) is 0 Å². The second-order valence-corrected chi connectivity index (χ2v) is 3.39. The van der Waals surface area contributed by atoms with Gasteiger partial charge in [-0.3, -0.25) is 9.36 Å². The van der Waals surface area contributed by atoms with Crippen LogP contribution in [0.15, 0.2) is 29.1 Å². The molecule has 1 amide bonds. The maximum Gasteiger partial charge on any atom is 0.350 e. The molecular weight excluding hydrogens is 194 g/mol. The Morgan fingerprint density at radius 1 is 1.27 bits per heavy atom. The normalized spacial score (nSPS) is 14.0. The molecule has 0 bridgehead atoms. The summed E-state index contributed by atoms with van der Waals surface area (Å²) in [5, 5.41) is 3.46. The van der Waals surface area contributed by atoms with E-state index in [2.05, 4.69) is 10.3 Å². The molecule has 15 heavy (non-hydrogen) atoms. The van der Waals surface area contributed by atoms with Crippen LogP contribution in [0.2, 0.25) is 0 Å². The van der Waals surface area contributed by atoms with Gasteiger partial charge in [0, 0.05) is 5.39 Å². The van der Waals surface area contributed by atoms with Crippen molar-refractivity contribution in [2.45, 2.75) is 6.54 Å². The fourth-order valence-corrected chi connectivity index (χ4v) is 1.77. The van der Waals surface area contributed by atoms with E-state index in [1.54, 1.807) is 6.07 Å². The molecule has 1 aromatic carbocycles. The Bertz CT molecular complexity index is 630. The number of hydrogen-bond donors (Lipinski definition) is 1. The predicted molar refractivity (Wildman–Crippen MR) is 54.6 cm³/mol. The highest BCUT2D eigenvalue weighted by Gasteiger charge is 2.21. The second kappa shape index (κ2) is 2.66. The van der Waals surface area contributed by atoms with Gasteiger partial charge in [-0.1, -0.05) is 12.1 Å². The third kappa shape index (κ3) is 1.06. The Labute approximate surface area is 84.4 Å². The number of carbonyl (C=O) groups is 1. The Hall–Kier alpha value is -2.17. The van der Waals surface area contributed by atoms with Gasteiger partial charge in [0.25, 0.3) is 0 Å². The Kier molecular flexibility index (Phi) is 1.45. The highest BCUT2D eigenvalue weighted by Crippen LogP contribution is 2.22. The molecule has 0 radical (unpaired) electrons. The number of carbonyl (C=O) groups excluding carboxylic acids is 1. The fourth-order valence-electron chi connectivity index (χ4n) is 1.77. The van der Waals surface area contributed by atoms with E-state index in [1.165, 1.54) is 4.57 Å². The molecular formula is C10H7N3O2. The Morgan fingerprint density at radius 2 is 2.07 bits per heavy atom. The van der Waals surface area contributed by atoms with E-state index in [9.17, 15) is 9.59 Å². The zero-order valence-corrected chi connectivity index (χ0v) is 7.73. The molecule has 2 heterocycles. The summed E-state index contributed by atoms with van der Waals surface area (Å²) < 4.78 is 1.35. The molecule has 0 saturated heterocycles. The van der Waals surface area contributed by atoms with Crippen LogP contribution in [0.3, 0.4) is 0 Å². The van der Waals surface area contributed by atoms with Crippen LogP contribution in [-0.2, 0) is 11.3 Å². The smallest absolute Gasteiger partial charge is 0.310 e. The van der Waals surface area contributed by atoms with Crippen molar-refractivity contribution in [3.05, 3.63) is 34.7 Å². The van der Waals surface area contributed by atoms with Crippen molar-refractivity contribution in [2.75, 3.05) is 5.32 Å². The molecule has 0 saturated carbocycles. The van der Waals surface area contributed by atoms with E-state index in [-0.39, 0.29) is 18.1 Å². The zero-order valence-electron chi connectivity index (χ0n) is 7.73. The SMILES string of the molecule is O=C1Cn2c(c3ccccc3nc2=O)N1. The van der Waals surface area contributed by atoms with Crippen molar-refractivity contribution >= 4 is 22.6 Å². The van der Waals surface area contributed by atoms with Gasteiger partial charge in [0.2, 0.25) is 5.91 Å². The van der Waals surface area contributed by atoms with Crippen LogP contribution in [0.4, 0.5) is 5.82 Å². The van der Waals surface area contributed by atoms with Crippen molar-refractivity contribution in [1.82, 2.24) is 9.55 Å².